The van der Waals surface area contributed by atoms with E-state index in [2.05, 4.69) is 38.1 Å². The summed E-state index contributed by atoms with van der Waals surface area (Å²) in [5.41, 5.74) is 11.1. The zero-order valence-electron chi connectivity index (χ0n) is 8.36. The number of hydrogen-bond donors (Lipinski definition) is 0. The molecule has 1 unspecified atom stereocenters. The van der Waals surface area contributed by atoms with E-state index in [4.69, 9.17) is 5.53 Å². The van der Waals surface area contributed by atoms with Crippen LogP contribution in [0.4, 0.5) is 0 Å². The minimum Gasteiger partial charge on any atom is -0.0859 e. The molecular weight excluding hydrogens is 254 g/mol. The van der Waals surface area contributed by atoms with Gasteiger partial charge >= 0.3 is 0 Å². The lowest BCUT2D eigenvalue weighted by Gasteiger charge is -2.12. The van der Waals surface area contributed by atoms with Gasteiger partial charge in [0.25, 0.3) is 0 Å². The van der Waals surface area contributed by atoms with Gasteiger partial charge in [-0.3, -0.25) is 0 Å². The van der Waals surface area contributed by atoms with Crippen molar-refractivity contribution in [2.45, 2.75) is 31.7 Å². The molecule has 15 heavy (non-hydrogen) atoms. The van der Waals surface area contributed by atoms with Crippen molar-refractivity contribution in [2.24, 2.45) is 5.11 Å². The van der Waals surface area contributed by atoms with E-state index in [1.165, 1.54) is 17.5 Å². The van der Waals surface area contributed by atoms with Crippen LogP contribution in [0.3, 0.4) is 0 Å². The maximum atomic E-state index is 8.55. The van der Waals surface area contributed by atoms with Gasteiger partial charge in [-0.25, -0.2) is 0 Å². The molecule has 1 aromatic rings. The van der Waals surface area contributed by atoms with E-state index in [9.17, 15) is 0 Å². The van der Waals surface area contributed by atoms with Crippen LogP contribution in [0.5, 0.6) is 0 Å². The smallest absolute Gasteiger partial charge is 0.0628 e. The minimum atomic E-state index is 0.0185. The standard InChI is InChI=1S/C11H12BrN3/c12-10-6-3-5-9-8(10)4-1-2-7-11(9)14-15-13/h3,5-6,11H,1-2,4,7H2. The highest BCUT2D eigenvalue weighted by molar-refractivity contribution is 9.10. The highest BCUT2D eigenvalue weighted by Crippen LogP contribution is 2.35. The van der Waals surface area contributed by atoms with Crippen molar-refractivity contribution in [3.05, 3.63) is 44.2 Å². The van der Waals surface area contributed by atoms with Crippen LogP contribution >= 0.6 is 15.9 Å². The third-order valence-corrected chi connectivity index (χ3v) is 3.60. The van der Waals surface area contributed by atoms with Crippen molar-refractivity contribution >= 4 is 15.9 Å². The normalized spacial score (nSPS) is 19.9. The average Bonchev–Trinajstić information content (AvgIpc) is 2.43. The number of halogens is 1. The number of azide groups is 1. The largest absolute Gasteiger partial charge is 0.0859 e. The van der Waals surface area contributed by atoms with Crippen molar-refractivity contribution in [1.82, 2.24) is 0 Å². The molecule has 0 amide bonds. The van der Waals surface area contributed by atoms with Crippen LogP contribution in [0.1, 0.15) is 36.4 Å². The average molecular weight is 266 g/mol. The monoisotopic (exact) mass is 265 g/mol. The fraction of sp³-hybridized carbons (Fsp3) is 0.455. The molecule has 0 spiro atoms. The molecule has 0 saturated heterocycles. The van der Waals surface area contributed by atoms with E-state index in [0.717, 1.165) is 23.7 Å². The lowest BCUT2D eigenvalue weighted by molar-refractivity contribution is 0.612. The molecule has 3 nitrogen and oxygen atoms in total. The molecule has 1 aromatic carbocycles. The molecule has 0 saturated carbocycles. The van der Waals surface area contributed by atoms with Crippen molar-refractivity contribution in [3.8, 4) is 0 Å². The lowest BCUT2D eigenvalue weighted by Crippen LogP contribution is -1.97. The molecule has 0 aliphatic heterocycles. The lowest BCUT2D eigenvalue weighted by atomic mass is 10.00. The molecule has 1 aliphatic rings. The first kappa shape index (κ1) is 10.5. The van der Waals surface area contributed by atoms with E-state index >= 15 is 0 Å². The zero-order chi connectivity index (χ0) is 10.7. The van der Waals surface area contributed by atoms with Crippen LogP contribution in [0, 0.1) is 0 Å². The Bertz CT molecular complexity index is 410. The van der Waals surface area contributed by atoms with Gasteiger partial charge in [0.1, 0.15) is 0 Å². The predicted octanol–water partition coefficient (Wildman–Crippen LogP) is 4.53. The summed E-state index contributed by atoms with van der Waals surface area (Å²) in [5, 5.41) is 3.89. The molecule has 0 aromatic heterocycles. The second-order valence-electron chi connectivity index (χ2n) is 3.77. The number of benzene rings is 1. The minimum absolute atomic E-state index is 0.0185. The summed E-state index contributed by atoms with van der Waals surface area (Å²) in [6, 6.07) is 6.15. The van der Waals surface area contributed by atoms with Crippen molar-refractivity contribution < 1.29 is 0 Å². The van der Waals surface area contributed by atoms with Gasteiger partial charge in [-0.1, -0.05) is 39.6 Å². The molecule has 4 heteroatoms. The first-order valence-corrected chi connectivity index (χ1v) is 5.93. The molecule has 0 bridgehead atoms. The maximum Gasteiger partial charge on any atom is 0.0628 e. The number of nitrogens with zero attached hydrogens (tertiary/aromatic N) is 3. The summed E-state index contributed by atoms with van der Waals surface area (Å²) in [5.74, 6) is 0. The van der Waals surface area contributed by atoms with Crippen LogP contribution in [-0.2, 0) is 6.42 Å². The first-order chi connectivity index (χ1) is 7.33. The van der Waals surface area contributed by atoms with Gasteiger partial charge in [-0.2, -0.15) is 0 Å². The second kappa shape index (κ2) is 4.69. The summed E-state index contributed by atoms with van der Waals surface area (Å²) in [4.78, 5) is 2.94. The first-order valence-electron chi connectivity index (χ1n) is 5.14. The highest BCUT2D eigenvalue weighted by atomic mass is 79.9. The number of fused-ring (bicyclic) bond motifs is 1. The fourth-order valence-electron chi connectivity index (χ4n) is 2.13. The van der Waals surface area contributed by atoms with Gasteiger partial charge in [0.2, 0.25) is 0 Å². The van der Waals surface area contributed by atoms with Gasteiger partial charge in [0, 0.05) is 9.38 Å². The summed E-state index contributed by atoms with van der Waals surface area (Å²) >= 11 is 3.56. The Balaban J connectivity index is 2.49. The SMILES string of the molecule is [N-]=[N+]=NC1CCCCc2c(Br)cccc21. The predicted molar refractivity (Wildman–Crippen MR) is 63.6 cm³/mol. The molecule has 1 atom stereocenters. The molecule has 0 radical (unpaired) electrons. The highest BCUT2D eigenvalue weighted by Gasteiger charge is 2.18. The van der Waals surface area contributed by atoms with E-state index in [-0.39, 0.29) is 6.04 Å². The summed E-state index contributed by atoms with van der Waals surface area (Å²) in [7, 11) is 0. The van der Waals surface area contributed by atoms with E-state index in [1.54, 1.807) is 0 Å². The molecule has 0 fully saturated rings. The van der Waals surface area contributed by atoms with Crippen LogP contribution in [0.2, 0.25) is 0 Å². The summed E-state index contributed by atoms with van der Waals surface area (Å²) in [6.45, 7) is 0. The van der Waals surface area contributed by atoms with Crippen LogP contribution in [0.25, 0.3) is 10.4 Å². The van der Waals surface area contributed by atoms with E-state index in [0.29, 0.717) is 0 Å². The topological polar surface area (TPSA) is 48.8 Å². The number of rotatable bonds is 1. The number of hydrogen-bond acceptors (Lipinski definition) is 1. The third-order valence-electron chi connectivity index (χ3n) is 2.86. The third kappa shape index (κ3) is 2.16. The van der Waals surface area contributed by atoms with Gasteiger partial charge in [0.05, 0.1) is 6.04 Å². The van der Waals surface area contributed by atoms with Gasteiger partial charge in [-0.05, 0) is 42.0 Å². The molecule has 78 valence electrons. The van der Waals surface area contributed by atoms with E-state index < -0.39 is 0 Å². The molecule has 1 aliphatic carbocycles. The molecule has 0 heterocycles. The van der Waals surface area contributed by atoms with Crippen molar-refractivity contribution in [3.63, 3.8) is 0 Å². The van der Waals surface area contributed by atoms with Crippen molar-refractivity contribution in [1.29, 1.82) is 0 Å². The van der Waals surface area contributed by atoms with Gasteiger partial charge < -0.3 is 0 Å². The Labute approximate surface area is 97.3 Å². The Morgan fingerprint density at radius 2 is 2.27 bits per heavy atom. The second-order valence-corrected chi connectivity index (χ2v) is 4.63. The Hall–Kier alpha value is -0.990. The summed E-state index contributed by atoms with van der Waals surface area (Å²) < 4.78 is 1.14. The summed E-state index contributed by atoms with van der Waals surface area (Å²) in [6.07, 6.45) is 4.35. The Morgan fingerprint density at radius 3 is 3.07 bits per heavy atom. The van der Waals surface area contributed by atoms with Crippen molar-refractivity contribution in [2.75, 3.05) is 0 Å². The van der Waals surface area contributed by atoms with E-state index in [1.807, 2.05) is 6.07 Å². The zero-order valence-corrected chi connectivity index (χ0v) is 9.94. The fourth-order valence-corrected chi connectivity index (χ4v) is 2.71. The van der Waals surface area contributed by atoms with Gasteiger partial charge in [0.15, 0.2) is 0 Å². The van der Waals surface area contributed by atoms with Crippen LogP contribution in [-0.4, -0.2) is 0 Å². The Kier molecular flexibility index (Phi) is 3.29. The molecule has 0 N–H and O–H groups in total. The van der Waals surface area contributed by atoms with Crippen LogP contribution in [0.15, 0.2) is 27.8 Å². The molecular formula is C11H12BrN3. The Morgan fingerprint density at radius 1 is 1.40 bits per heavy atom. The quantitative estimate of drug-likeness (QED) is 0.310. The molecule has 2 rings (SSSR count). The maximum absolute atomic E-state index is 8.55. The van der Waals surface area contributed by atoms with Gasteiger partial charge in [-0.15, -0.1) is 0 Å². The van der Waals surface area contributed by atoms with Crippen LogP contribution < -0.4 is 0 Å².